The number of carbonyl (C=O) groups excluding carboxylic acids is 3. The highest BCUT2D eigenvalue weighted by Gasteiger charge is 2.25. The Morgan fingerprint density at radius 3 is 2.33 bits per heavy atom. The molecule has 3 aromatic rings. The number of likely N-dealkylation sites (N-methyl/N-ethyl adjacent to an activating group) is 1. The average Bonchev–Trinajstić information content (AvgIpc) is 3.31. The van der Waals surface area contributed by atoms with Gasteiger partial charge in [0.05, 0.1) is 0 Å². The first-order valence-electron chi connectivity index (χ1n) is 10.8. The van der Waals surface area contributed by atoms with Crippen molar-refractivity contribution in [1.82, 2.24) is 16.0 Å². The molecule has 3 amide bonds. The minimum atomic E-state index is -0.656. The lowest BCUT2D eigenvalue weighted by Crippen LogP contribution is -2.48. The number of furan rings is 1. The standard InChI is InChI=1S/C26H29N3O4/c1-16(2)23(26(32)27-4)29-25(31)22-13-12-21(33-22)20-7-5-6-18(14-20)15-28-24(30)19-10-8-17(3)9-11-19/h5-14,16,23H,15H2,1-4H3,(H,27,32)(H,28,30)(H,29,31)/t23-/m0/s1. The number of amides is 3. The van der Waals surface area contributed by atoms with Crippen LogP contribution in [0.3, 0.4) is 0 Å². The molecule has 1 atom stereocenters. The van der Waals surface area contributed by atoms with Crippen molar-refractivity contribution in [2.45, 2.75) is 33.4 Å². The van der Waals surface area contributed by atoms with Crippen molar-refractivity contribution in [3.05, 3.63) is 83.1 Å². The zero-order chi connectivity index (χ0) is 24.0. The van der Waals surface area contributed by atoms with Gasteiger partial charge in [-0.15, -0.1) is 0 Å². The van der Waals surface area contributed by atoms with Crippen LogP contribution in [0.5, 0.6) is 0 Å². The summed E-state index contributed by atoms with van der Waals surface area (Å²) in [6.45, 7) is 6.05. The van der Waals surface area contributed by atoms with E-state index in [1.54, 1.807) is 24.3 Å². The van der Waals surface area contributed by atoms with Gasteiger partial charge in [0.2, 0.25) is 5.91 Å². The summed E-state index contributed by atoms with van der Waals surface area (Å²) < 4.78 is 5.76. The van der Waals surface area contributed by atoms with Crippen LogP contribution in [0.15, 0.2) is 65.1 Å². The lowest BCUT2D eigenvalue weighted by Gasteiger charge is -2.19. The Labute approximate surface area is 193 Å². The summed E-state index contributed by atoms with van der Waals surface area (Å²) in [5.41, 5.74) is 3.38. The minimum absolute atomic E-state index is 0.0739. The normalized spacial score (nSPS) is 11.7. The van der Waals surface area contributed by atoms with E-state index >= 15 is 0 Å². The third-order valence-electron chi connectivity index (χ3n) is 5.29. The number of nitrogens with one attached hydrogen (secondary N) is 3. The molecule has 0 spiro atoms. The maximum absolute atomic E-state index is 12.6. The van der Waals surface area contributed by atoms with Gasteiger partial charge in [-0.1, -0.05) is 49.7 Å². The van der Waals surface area contributed by atoms with Crippen LogP contribution in [0.1, 0.15) is 45.9 Å². The smallest absolute Gasteiger partial charge is 0.287 e. The largest absolute Gasteiger partial charge is 0.451 e. The van der Waals surface area contributed by atoms with Gasteiger partial charge in [0.15, 0.2) is 5.76 Å². The van der Waals surface area contributed by atoms with Crippen molar-refractivity contribution in [2.24, 2.45) is 5.92 Å². The van der Waals surface area contributed by atoms with Crippen LogP contribution in [0.2, 0.25) is 0 Å². The van der Waals surface area contributed by atoms with E-state index in [0.717, 1.165) is 16.7 Å². The average molecular weight is 448 g/mol. The molecule has 0 aliphatic rings. The van der Waals surface area contributed by atoms with Gasteiger partial charge in [0, 0.05) is 24.7 Å². The molecule has 3 N–H and O–H groups in total. The zero-order valence-corrected chi connectivity index (χ0v) is 19.3. The van der Waals surface area contributed by atoms with Gasteiger partial charge in [-0.3, -0.25) is 14.4 Å². The van der Waals surface area contributed by atoms with Crippen molar-refractivity contribution >= 4 is 17.7 Å². The quantitative estimate of drug-likeness (QED) is 0.490. The zero-order valence-electron chi connectivity index (χ0n) is 19.3. The van der Waals surface area contributed by atoms with E-state index in [-0.39, 0.29) is 23.5 Å². The third-order valence-corrected chi connectivity index (χ3v) is 5.29. The molecule has 0 fully saturated rings. The van der Waals surface area contributed by atoms with Crippen molar-refractivity contribution in [3.8, 4) is 11.3 Å². The Kier molecular flexibility index (Phi) is 7.66. The number of benzene rings is 2. The first-order chi connectivity index (χ1) is 15.8. The van der Waals surface area contributed by atoms with E-state index in [9.17, 15) is 14.4 Å². The SMILES string of the molecule is CNC(=O)[C@@H](NC(=O)c1ccc(-c2cccc(CNC(=O)c3ccc(C)cc3)c2)o1)C(C)C. The number of carbonyl (C=O) groups is 3. The Hall–Kier alpha value is -3.87. The summed E-state index contributed by atoms with van der Waals surface area (Å²) in [5.74, 6) is -0.288. The molecule has 172 valence electrons. The molecule has 33 heavy (non-hydrogen) atoms. The molecule has 0 unspecified atom stereocenters. The summed E-state index contributed by atoms with van der Waals surface area (Å²) in [6, 6.07) is 17.6. The van der Waals surface area contributed by atoms with Crippen LogP contribution in [0, 0.1) is 12.8 Å². The molecule has 0 radical (unpaired) electrons. The second-order valence-corrected chi connectivity index (χ2v) is 8.22. The Bertz CT molecular complexity index is 1130. The molecule has 7 nitrogen and oxygen atoms in total. The van der Waals surface area contributed by atoms with Gasteiger partial charge < -0.3 is 20.4 Å². The summed E-state index contributed by atoms with van der Waals surface area (Å²) in [5, 5.41) is 8.19. The van der Waals surface area contributed by atoms with Crippen LogP contribution in [-0.4, -0.2) is 30.8 Å². The van der Waals surface area contributed by atoms with E-state index in [1.807, 2.05) is 57.2 Å². The van der Waals surface area contributed by atoms with E-state index in [0.29, 0.717) is 17.9 Å². The van der Waals surface area contributed by atoms with Gasteiger partial charge in [-0.05, 0) is 48.7 Å². The molecule has 0 saturated heterocycles. The van der Waals surface area contributed by atoms with E-state index in [4.69, 9.17) is 4.42 Å². The van der Waals surface area contributed by atoms with Crippen molar-refractivity contribution in [2.75, 3.05) is 7.05 Å². The number of hydrogen-bond donors (Lipinski definition) is 3. The molecule has 0 saturated carbocycles. The fourth-order valence-electron chi connectivity index (χ4n) is 3.34. The topological polar surface area (TPSA) is 100 Å². The van der Waals surface area contributed by atoms with E-state index in [1.165, 1.54) is 7.05 Å². The van der Waals surface area contributed by atoms with Gasteiger partial charge in [0.1, 0.15) is 11.8 Å². The lowest BCUT2D eigenvalue weighted by molar-refractivity contribution is -0.123. The van der Waals surface area contributed by atoms with Crippen molar-refractivity contribution in [1.29, 1.82) is 0 Å². The fraction of sp³-hybridized carbons (Fsp3) is 0.269. The number of hydrogen-bond acceptors (Lipinski definition) is 4. The second kappa shape index (κ2) is 10.6. The summed E-state index contributed by atoms with van der Waals surface area (Å²) in [7, 11) is 1.53. The molecule has 2 aromatic carbocycles. The Morgan fingerprint density at radius 1 is 0.939 bits per heavy atom. The molecule has 1 aromatic heterocycles. The predicted molar refractivity (Wildman–Crippen MR) is 127 cm³/mol. The predicted octanol–water partition coefficient (Wildman–Crippen LogP) is 3.69. The van der Waals surface area contributed by atoms with E-state index in [2.05, 4.69) is 16.0 Å². The van der Waals surface area contributed by atoms with Gasteiger partial charge in [-0.2, -0.15) is 0 Å². The molecule has 7 heteroatoms. The van der Waals surface area contributed by atoms with Gasteiger partial charge in [0.25, 0.3) is 11.8 Å². The number of aryl methyl sites for hydroxylation is 1. The number of rotatable bonds is 8. The second-order valence-electron chi connectivity index (χ2n) is 8.22. The van der Waals surface area contributed by atoms with Crippen LogP contribution >= 0.6 is 0 Å². The maximum Gasteiger partial charge on any atom is 0.287 e. The van der Waals surface area contributed by atoms with Crippen LogP contribution in [-0.2, 0) is 11.3 Å². The van der Waals surface area contributed by atoms with Crippen LogP contribution < -0.4 is 16.0 Å². The molecular weight excluding hydrogens is 418 g/mol. The first kappa shape index (κ1) is 23.8. The highest BCUT2D eigenvalue weighted by Crippen LogP contribution is 2.23. The molecule has 0 aliphatic heterocycles. The minimum Gasteiger partial charge on any atom is -0.451 e. The van der Waals surface area contributed by atoms with Crippen molar-refractivity contribution in [3.63, 3.8) is 0 Å². The lowest BCUT2D eigenvalue weighted by atomic mass is 10.0. The van der Waals surface area contributed by atoms with Crippen LogP contribution in [0.4, 0.5) is 0 Å². The molecule has 0 aliphatic carbocycles. The molecule has 3 rings (SSSR count). The monoisotopic (exact) mass is 447 g/mol. The molecule has 1 heterocycles. The fourth-order valence-corrected chi connectivity index (χ4v) is 3.34. The Morgan fingerprint density at radius 2 is 1.67 bits per heavy atom. The van der Waals surface area contributed by atoms with Crippen molar-refractivity contribution < 1.29 is 18.8 Å². The summed E-state index contributed by atoms with van der Waals surface area (Å²) >= 11 is 0. The van der Waals surface area contributed by atoms with Gasteiger partial charge >= 0.3 is 0 Å². The maximum atomic E-state index is 12.6. The Balaban J connectivity index is 1.67. The molecule has 0 bridgehead atoms. The first-order valence-corrected chi connectivity index (χ1v) is 10.8. The third kappa shape index (κ3) is 6.10. The highest BCUT2D eigenvalue weighted by molar-refractivity contribution is 5.96. The summed E-state index contributed by atoms with van der Waals surface area (Å²) in [4.78, 5) is 37.0. The van der Waals surface area contributed by atoms with E-state index < -0.39 is 11.9 Å². The summed E-state index contributed by atoms with van der Waals surface area (Å²) in [6.07, 6.45) is 0. The highest BCUT2D eigenvalue weighted by atomic mass is 16.4. The van der Waals surface area contributed by atoms with Crippen LogP contribution in [0.25, 0.3) is 11.3 Å². The molecular formula is C26H29N3O4. The van der Waals surface area contributed by atoms with Gasteiger partial charge in [-0.25, -0.2) is 0 Å².